The molecule has 0 saturated carbocycles. The highest BCUT2D eigenvalue weighted by atomic mass is 79.9. The predicted molar refractivity (Wildman–Crippen MR) is 96.9 cm³/mol. The molecule has 0 aromatic heterocycles. The Kier molecular flexibility index (Phi) is 4.51. The quantitative estimate of drug-likeness (QED) is 0.817. The van der Waals surface area contributed by atoms with Gasteiger partial charge in [-0.25, -0.2) is 13.2 Å². The van der Waals surface area contributed by atoms with Crippen molar-refractivity contribution in [3.63, 3.8) is 0 Å². The van der Waals surface area contributed by atoms with E-state index in [-0.39, 0.29) is 10.9 Å². The fraction of sp³-hybridized carbons (Fsp3) is 0.188. The molecule has 6 nitrogen and oxygen atoms in total. The maximum absolute atomic E-state index is 12.6. The van der Waals surface area contributed by atoms with E-state index in [1.165, 1.54) is 6.07 Å². The first-order chi connectivity index (χ1) is 11.4. The number of carbonyl (C=O) groups excluding carboxylic acids is 1. The number of nitrogens with zero attached hydrogens (tertiary/aromatic N) is 1. The largest absolute Gasteiger partial charge is 0.341 e. The fourth-order valence-corrected chi connectivity index (χ4v) is 4.16. The van der Waals surface area contributed by atoms with Gasteiger partial charge in [0.1, 0.15) is 0 Å². The molecule has 24 heavy (non-hydrogen) atoms. The van der Waals surface area contributed by atoms with Gasteiger partial charge in [0.05, 0.1) is 4.90 Å². The topological polar surface area (TPSA) is 78.5 Å². The number of halogens is 1. The summed E-state index contributed by atoms with van der Waals surface area (Å²) in [6, 6.07) is 11.6. The maximum Gasteiger partial charge on any atom is 0.321 e. The van der Waals surface area contributed by atoms with Crippen LogP contribution < -0.4 is 14.9 Å². The molecule has 126 valence electrons. The number of carbonyl (C=O) groups is 1. The Hall–Kier alpha value is -2.06. The molecule has 0 radical (unpaired) electrons. The van der Waals surface area contributed by atoms with E-state index in [0.29, 0.717) is 18.7 Å². The molecule has 2 aromatic carbocycles. The Balaban J connectivity index is 1.89. The number of anilines is 2. The van der Waals surface area contributed by atoms with Crippen LogP contribution >= 0.6 is 15.9 Å². The molecule has 0 bridgehead atoms. The number of hydrogen-bond donors (Lipinski definition) is 2. The molecule has 8 heteroatoms. The summed E-state index contributed by atoms with van der Waals surface area (Å²) in [6.45, 7) is 0.539. The zero-order chi connectivity index (χ0) is 17.3. The summed E-state index contributed by atoms with van der Waals surface area (Å²) in [4.78, 5) is 13.6. The Morgan fingerprint density at radius 3 is 2.71 bits per heavy atom. The first-order valence-electron chi connectivity index (χ1n) is 7.31. The van der Waals surface area contributed by atoms with Crippen LogP contribution in [0, 0.1) is 0 Å². The minimum Gasteiger partial charge on any atom is -0.341 e. The lowest BCUT2D eigenvalue weighted by Crippen LogP contribution is -2.36. The van der Waals surface area contributed by atoms with Gasteiger partial charge in [-0.2, -0.15) is 0 Å². The third-order valence-electron chi connectivity index (χ3n) is 3.79. The SMILES string of the molecule is CNC(=O)N1CCc2cc(S(=O)(=O)Nc3cccc(Br)c3)ccc21. The molecule has 0 unspecified atom stereocenters. The molecule has 0 aliphatic carbocycles. The van der Waals surface area contributed by atoms with Gasteiger partial charge in [0, 0.05) is 29.4 Å². The van der Waals surface area contributed by atoms with Gasteiger partial charge in [-0.15, -0.1) is 0 Å². The van der Waals surface area contributed by atoms with Crippen molar-refractivity contribution in [1.29, 1.82) is 0 Å². The van der Waals surface area contributed by atoms with Crippen LogP contribution in [0.15, 0.2) is 51.8 Å². The predicted octanol–water partition coefficient (Wildman–Crippen LogP) is 2.95. The molecule has 0 atom stereocenters. The van der Waals surface area contributed by atoms with E-state index in [9.17, 15) is 13.2 Å². The molecule has 0 spiro atoms. The smallest absolute Gasteiger partial charge is 0.321 e. The molecular weight excluding hydrogens is 394 g/mol. The monoisotopic (exact) mass is 409 g/mol. The van der Waals surface area contributed by atoms with Crippen LogP contribution in [0.25, 0.3) is 0 Å². The molecular formula is C16H16BrN3O3S. The summed E-state index contributed by atoms with van der Waals surface area (Å²) < 4.78 is 28.5. The van der Waals surface area contributed by atoms with Crippen LogP contribution in [-0.2, 0) is 16.4 Å². The summed E-state index contributed by atoms with van der Waals surface area (Å²) in [5, 5.41) is 2.58. The number of urea groups is 1. The third kappa shape index (κ3) is 3.25. The van der Waals surface area contributed by atoms with Crippen LogP contribution in [0.4, 0.5) is 16.2 Å². The number of hydrogen-bond acceptors (Lipinski definition) is 3. The van der Waals surface area contributed by atoms with E-state index in [1.54, 1.807) is 42.3 Å². The van der Waals surface area contributed by atoms with Crippen LogP contribution in [0.2, 0.25) is 0 Å². The van der Waals surface area contributed by atoms with Gasteiger partial charge >= 0.3 is 6.03 Å². The van der Waals surface area contributed by atoms with Crippen molar-refractivity contribution in [2.24, 2.45) is 0 Å². The van der Waals surface area contributed by atoms with Gasteiger partial charge < -0.3 is 5.32 Å². The van der Waals surface area contributed by atoms with Crippen LogP contribution in [0.3, 0.4) is 0 Å². The summed E-state index contributed by atoms with van der Waals surface area (Å²) >= 11 is 3.32. The number of fused-ring (bicyclic) bond motifs is 1. The van der Waals surface area contributed by atoms with Gasteiger partial charge in [-0.05, 0) is 48.4 Å². The van der Waals surface area contributed by atoms with Crippen molar-refractivity contribution in [2.45, 2.75) is 11.3 Å². The Morgan fingerprint density at radius 1 is 1.21 bits per heavy atom. The fourth-order valence-electron chi connectivity index (χ4n) is 2.66. The standard InChI is InChI=1S/C16H16BrN3O3S/c1-18-16(21)20-8-7-11-9-14(5-6-15(11)20)24(22,23)19-13-4-2-3-12(17)10-13/h2-6,9-10,19H,7-8H2,1H3,(H,18,21). The first-order valence-corrected chi connectivity index (χ1v) is 9.59. The van der Waals surface area contributed by atoms with Crippen molar-refractivity contribution in [1.82, 2.24) is 5.32 Å². The Morgan fingerprint density at radius 2 is 2.00 bits per heavy atom. The van der Waals surface area contributed by atoms with E-state index in [4.69, 9.17) is 0 Å². The molecule has 3 rings (SSSR count). The normalized spacial score (nSPS) is 13.5. The number of sulfonamides is 1. The molecule has 2 amide bonds. The summed E-state index contributed by atoms with van der Waals surface area (Å²) in [5.74, 6) is 0. The second kappa shape index (κ2) is 6.45. The minimum absolute atomic E-state index is 0.181. The highest BCUT2D eigenvalue weighted by molar-refractivity contribution is 9.10. The lowest BCUT2D eigenvalue weighted by molar-refractivity contribution is 0.248. The third-order valence-corrected chi connectivity index (χ3v) is 5.66. The first kappa shape index (κ1) is 16.8. The second-order valence-corrected chi connectivity index (χ2v) is 7.96. The zero-order valence-corrected chi connectivity index (χ0v) is 15.3. The van der Waals surface area contributed by atoms with Crippen molar-refractivity contribution in [3.8, 4) is 0 Å². The Labute approximate surface area is 149 Å². The van der Waals surface area contributed by atoms with Gasteiger partial charge in [0.15, 0.2) is 0 Å². The number of benzene rings is 2. The van der Waals surface area contributed by atoms with Crippen molar-refractivity contribution < 1.29 is 13.2 Å². The Bertz CT molecular complexity index is 899. The van der Waals surface area contributed by atoms with Crippen LogP contribution in [0.5, 0.6) is 0 Å². The molecule has 2 N–H and O–H groups in total. The average molecular weight is 410 g/mol. The number of amides is 2. The molecule has 2 aromatic rings. The number of rotatable bonds is 3. The van der Waals surface area contributed by atoms with E-state index in [0.717, 1.165) is 15.7 Å². The van der Waals surface area contributed by atoms with Gasteiger partial charge in [0.2, 0.25) is 0 Å². The molecule has 1 aliphatic heterocycles. The summed E-state index contributed by atoms with van der Waals surface area (Å²) in [7, 11) is -2.11. The summed E-state index contributed by atoms with van der Waals surface area (Å²) in [6.07, 6.45) is 0.628. The summed E-state index contributed by atoms with van der Waals surface area (Å²) in [5.41, 5.74) is 2.07. The lowest BCUT2D eigenvalue weighted by Gasteiger charge is -2.16. The highest BCUT2D eigenvalue weighted by Gasteiger charge is 2.26. The lowest BCUT2D eigenvalue weighted by atomic mass is 10.2. The highest BCUT2D eigenvalue weighted by Crippen LogP contribution is 2.31. The van der Waals surface area contributed by atoms with Crippen LogP contribution in [-0.4, -0.2) is 28.0 Å². The second-order valence-electron chi connectivity index (χ2n) is 5.36. The van der Waals surface area contributed by atoms with Crippen molar-refractivity contribution in [2.75, 3.05) is 23.2 Å². The molecule has 1 aliphatic rings. The number of nitrogens with one attached hydrogen (secondary N) is 2. The van der Waals surface area contributed by atoms with E-state index in [1.807, 2.05) is 6.07 Å². The van der Waals surface area contributed by atoms with Crippen molar-refractivity contribution >= 4 is 43.4 Å². The molecule has 0 fully saturated rings. The minimum atomic E-state index is -3.68. The average Bonchev–Trinajstić information content (AvgIpc) is 2.97. The maximum atomic E-state index is 12.6. The molecule has 1 heterocycles. The van der Waals surface area contributed by atoms with Gasteiger partial charge in [-0.1, -0.05) is 22.0 Å². The van der Waals surface area contributed by atoms with Crippen molar-refractivity contribution in [3.05, 3.63) is 52.5 Å². The van der Waals surface area contributed by atoms with Crippen LogP contribution in [0.1, 0.15) is 5.56 Å². The van der Waals surface area contributed by atoms with Gasteiger partial charge in [0.25, 0.3) is 10.0 Å². The van der Waals surface area contributed by atoms with E-state index >= 15 is 0 Å². The van der Waals surface area contributed by atoms with Gasteiger partial charge in [-0.3, -0.25) is 9.62 Å². The molecule has 0 saturated heterocycles. The van der Waals surface area contributed by atoms with E-state index in [2.05, 4.69) is 26.0 Å². The van der Waals surface area contributed by atoms with E-state index < -0.39 is 10.0 Å². The zero-order valence-electron chi connectivity index (χ0n) is 12.9.